The number of carbonyl (C=O) groups is 1. The molecular weight excluding hydrogens is 250 g/mol. The van der Waals surface area contributed by atoms with Crippen LogP contribution in [0.2, 0.25) is 5.02 Å². The van der Waals surface area contributed by atoms with E-state index in [1.54, 1.807) is 19.2 Å². The predicted molar refractivity (Wildman–Crippen MR) is 74.5 cm³/mol. The van der Waals surface area contributed by atoms with Crippen molar-refractivity contribution in [2.45, 2.75) is 26.3 Å². The van der Waals surface area contributed by atoms with E-state index in [4.69, 9.17) is 16.3 Å². The van der Waals surface area contributed by atoms with Crippen LogP contribution in [-0.4, -0.2) is 32.1 Å². The first-order valence-corrected chi connectivity index (χ1v) is 6.46. The van der Waals surface area contributed by atoms with Gasteiger partial charge in [-0.3, -0.25) is 4.79 Å². The molecule has 1 rings (SSSR count). The lowest BCUT2D eigenvalue weighted by molar-refractivity contribution is 0.0949. The highest BCUT2D eigenvalue weighted by Crippen LogP contribution is 2.17. The van der Waals surface area contributed by atoms with Crippen molar-refractivity contribution in [1.29, 1.82) is 0 Å². The molecule has 0 radical (unpaired) electrons. The van der Waals surface area contributed by atoms with Gasteiger partial charge in [-0.15, -0.1) is 0 Å². The number of ketones is 1. The van der Waals surface area contributed by atoms with E-state index in [9.17, 15) is 4.79 Å². The molecule has 1 aromatic carbocycles. The number of benzene rings is 1. The van der Waals surface area contributed by atoms with Crippen molar-refractivity contribution in [3.8, 4) is 0 Å². The molecule has 4 heteroatoms. The Morgan fingerprint density at radius 2 is 2.22 bits per heavy atom. The Bertz CT molecular complexity index is 407. The van der Waals surface area contributed by atoms with Crippen LogP contribution in [0, 0.1) is 6.92 Å². The molecule has 1 atom stereocenters. The molecule has 0 heterocycles. The van der Waals surface area contributed by atoms with Gasteiger partial charge in [-0.1, -0.05) is 11.6 Å². The van der Waals surface area contributed by atoms with Crippen LogP contribution in [0.3, 0.4) is 0 Å². The minimum Gasteiger partial charge on any atom is -0.385 e. The van der Waals surface area contributed by atoms with Crippen LogP contribution in [0.4, 0.5) is 0 Å². The van der Waals surface area contributed by atoms with E-state index >= 15 is 0 Å². The van der Waals surface area contributed by atoms with Crippen molar-refractivity contribution in [2.24, 2.45) is 0 Å². The summed E-state index contributed by atoms with van der Waals surface area (Å²) in [5.41, 5.74) is 1.62. The highest BCUT2D eigenvalue weighted by Gasteiger charge is 2.14. The molecule has 100 valence electrons. The predicted octanol–water partition coefficient (Wildman–Crippen LogP) is 2.85. The lowest BCUT2D eigenvalue weighted by Gasteiger charge is -2.13. The normalized spacial score (nSPS) is 12.4. The zero-order valence-electron chi connectivity index (χ0n) is 11.1. The maximum Gasteiger partial charge on any atom is 0.179 e. The fourth-order valence-electron chi connectivity index (χ4n) is 1.68. The molecule has 0 saturated carbocycles. The highest BCUT2D eigenvalue weighted by molar-refractivity contribution is 6.31. The first kappa shape index (κ1) is 15.2. The van der Waals surface area contributed by atoms with Crippen LogP contribution in [0.15, 0.2) is 18.2 Å². The summed E-state index contributed by atoms with van der Waals surface area (Å²) in [4.78, 5) is 12.1. The van der Waals surface area contributed by atoms with E-state index in [0.717, 1.165) is 18.5 Å². The number of halogens is 1. The minimum absolute atomic E-state index is 0.0900. The Hall–Kier alpha value is -0.900. The van der Waals surface area contributed by atoms with Crippen LogP contribution in [0.1, 0.15) is 29.3 Å². The van der Waals surface area contributed by atoms with Crippen molar-refractivity contribution in [3.63, 3.8) is 0 Å². The van der Waals surface area contributed by atoms with Crippen LogP contribution in [0.25, 0.3) is 0 Å². The van der Waals surface area contributed by atoms with E-state index in [1.165, 1.54) is 0 Å². The molecule has 0 spiro atoms. The molecule has 0 amide bonds. The van der Waals surface area contributed by atoms with Crippen LogP contribution in [0.5, 0.6) is 0 Å². The number of rotatable bonds is 7. The minimum atomic E-state index is -0.192. The van der Waals surface area contributed by atoms with Gasteiger partial charge in [-0.2, -0.15) is 0 Å². The molecule has 0 bridgehead atoms. The number of hydrogen-bond acceptors (Lipinski definition) is 3. The third-order valence-electron chi connectivity index (χ3n) is 2.81. The van der Waals surface area contributed by atoms with Gasteiger partial charge in [0.05, 0.1) is 6.04 Å². The van der Waals surface area contributed by atoms with Gasteiger partial charge in [-0.05, 0) is 50.6 Å². The Morgan fingerprint density at radius 1 is 1.50 bits per heavy atom. The molecule has 0 aliphatic carbocycles. The number of hydrogen-bond donors (Lipinski definition) is 1. The van der Waals surface area contributed by atoms with Gasteiger partial charge in [0.2, 0.25) is 0 Å². The summed E-state index contributed by atoms with van der Waals surface area (Å²) >= 11 is 5.94. The first-order chi connectivity index (χ1) is 8.56. The monoisotopic (exact) mass is 269 g/mol. The van der Waals surface area contributed by atoms with Gasteiger partial charge in [0, 0.05) is 24.3 Å². The van der Waals surface area contributed by atoms with E-state index in [1.807, 2.05) is 19.9 Å². The zero-order chi connectivity index (χ0) is 13.5. The maximum atomic E-state index is 12.1. The molecule has 0 aliphatic heterocycles. The maximum absolute atomic E-state index is 12.1. The summed E-state index contributed by atoms with van der Waals surface area (Å²) in [6.45, 7) is 5.25. The number of nitrogens with one attached hydrogen (secondary N) is 1. The van der Waals surface area contributed by atoms with Gasteiger partial charge in [0.25, 0.3) is 0 Å². The van der Waals surface area contributed by atoms with Crippen molar-refractivity contribution in [1.82, 2.24) is 5.32 Å². The largest absolute Gasteiger partial charge is 0.385 e. The van der Waals surface area contributed by atoms with Gasteiger partial charge >= 0.3 is 0 Å². The van der Waals surface area contributed by atoms with Crippen LogP contribution >= 0.6 is 11.6 Å². The van der Waals surface area contributed by atoms with Gasteiger partial charge in [-0.25, -0.2) is 0 Å². The number of aryl methyl sites for hydroxylation is 1. The van der Waals surface area contributed by atoms with Crippen LogP contribution in [-0.2, 0) is 4.74 Å². The smallest absolute Gasteiger partial charge is 0.179 e. The van der Waals surface area contributed by atoms with E-state index in [0.29, 0.717) is 17.2 Å². The Balaban J connectivity index is 2.54. The Kier molecular flexibility index (Phi) is 6.33. The lowest BCUT2D eigenvalue weighted by atomic mass is 10.0. The summed E-state index contributed by atoms with van der Waals surface area (Å²) in [5.74, 6) is 0.0900. The quantitative estimate of drug-likeness (QED) is 0.611. The SMILES string of the molecule is COCCCNC(C)C(=O)c1ccc(Cl)c(C)c1. The number of methoxy groups -OCH3 is 1. The van der Waals surface area contributed by atoms with Crippen molar-refractivity contribution >= 4 is 17.4 Å². The summed E-state index contributed by atoms with van der Waals surface area (Å²) in [6.07, 6.45) is 0.897. The summed E-state index contributed by atoms with van der Waals surface area (Å²) in [5, 5.41) is 3.87. The lowest BCUT2D eigenvalue weighted by Crippen LogP contribution is -2.35. The second kappa shape index (κ2) is 7.52. The molecule has 1 N–H and O–H groups in total. The zero-order valence-corrected chi connectivity index (χ0v) is 11.9. The topological polar surface area (TPSA) is 38.3 Å². The van der Waals surface area contributed by atoms with Gasteiger partial charge in [0.15, 0.2) is 5.78 Å². The second-order valence-corrected chi connectivity index (χ2v) is 4.76. The van der Waals surface area contributed by atoms with Crippen molar-refractivity contribution < 1.29 is 9.53 Å². The fraction of sp³-hybridized carbons (Fsp3) is 0.500. The average molecular weight is 270 g/mol. The molecule has 0 saturated heterocycles. The van der Waals surface area contributed by atoms with E-state index in [2.05, 4.69) is 5.32 Å². The number of Topliss-reactive ketones (excluding diaryl/α,β-unsaturated/α-hetero) is 1. The standard InChI is InChI=1S/C14H20ClNO2/c1-10-9-12(5-6-13(10)15)14(17)11(2)16-7-4-8-18-3/h5-6,9,11,16H,4,7-8H2,1-3H3. The number of carbonyl (C=O) groups excluding carboxylic acids is 1. The highest BCUT2D eigenvalue weighted by atomic mass is 35.5. The second-order valence-electron chi connectivity index (χ2n) is 4.35. The van der Waals surface area contributed by atoms with Crippen molar-refractivity contribution in [2.75, 3.05) is 20.3 Å². The Morgan fingerprint density at radius 3 is 2.83 bits per heavy atom. The molecule has 0 fully saturated rings. The molecule has 1 unspecified atom stereocenters. The van der Waals surface area contributed by atoms with E-state index < -0.39 is 0 Å². The third-order valence-corrected chi connectivity index (χ3v) is 3.24. The molecule has 1 aromatic rings. The summed E-state index contributed by atoms with van der Waals surface area (Å²) < 4.78 is 4.96. The first-order valence-electron chi connectivity index (χ1n) is 6.09. The Labute approximate surface area is 113 Å². The summed E-state index contributed by atoms with van der Waals surface area (Å²) in [6, 6.07) is 5.17. The van der Waals surface area contributed by atoms with Crippen LogP contribution < -0.4 is 5.32 Å². The van der Waals surface area contributed by atoms with Crippen molar-refractivity contribution in [3.05, 3.63) is 34.3 Å². The van der Waals surface area contributed by atoms with Gasteiger partial charge < -0.3 is 10.1 Å². The van der Waals surface area contributed by atoms with Gasteiger partial charge in [0.1, 0.15) is 0 Å². The third kappa shape index (κ3) is 4.41. The molecule has 3 nitrogen and oxygen atoms in total. The summed E-state index contributed by atoms with van der Waals surface area (Å²) in [7, 11) is 1.67. The fourth-order valence-corrected chi connectivity index (χ4v) is 1.79. The molecule has 18 heavy (non-hydrogen) atoms. The van der Waals surface area contributed by atoms with E-state index in [-0.39, 0.29) is 11.8 Å². The molecule has 0 aromatic heterocycles. The number of ether oxygens (including phenoxy) is 1. The molecular formula is C14H20ClNO2. The average Bonchev–Trinajstić information content (AvgIpc) is 2.37. The molecule has 0 aliphatic rings.